The van der Waals surface area contributed by atoms with Crippen LogP contribution in [-0.2, 0) is 0 Å². The molecule has 0 unspecified atom stereocenters. The number of methoxy groups -OCH3 is 2. The standard InChI is InChI=1S/C20H18N4O2/c1-22-20-23-18(13-7-5-4-6-8-13)17(12-21)19(24-20)14-9-15(25-2)11-16(10-14)26-3/h4-11H,1-3H3,(H,22,23,24). The second kappa shape index (κ2) is 7.53. The van der Waals surface area contributed by atoms with Crippen molar-refractivity contribution in [2.45, 2.75) is 0 Å². The van der Waals surface area contributed by atoms with E-state index in [9.17, 15) is 5.26 Å². The van der Waals surface area contributed by atoms with E-state index in [4.69, 9.17) is 9.47 Å². The zero-order valence-corrected chi connectivity index (χ0v) is 14.8. The Kier molecular flexibility index (Phi) is 4.99. The van der Waals surface area contributed by atoms with Crippen molar-refractivity contribution in [3.63, 3.8) is 0 Å². The fourth-order valence-electron chi connectivity index (χ4n) is 2.64. The minimum atomic E-state index is 0.394. The molecule has 0 saturated heterocycles. The average molecular weight is 346 g/mol. The molecule has 2 aromatic carbocycles. The lowest BCUT2D eigenvalue weighted by atomic mass is 10.0. The maximum Gasteiger partial charge on any atom is 0.223 e. The van der Waals surface area contributed by atoms with Gasteiger partial charge in [-0.25, -0.2) is 9.97 Å². The average Bonchev–Trinajstić information content (AvgIpc) is 2.72. The first-order valence-electron chi connectivity index (χ1n) is 7.99. The lowest BCUT2D eigenvalue weighted by Crippen LogP contribution is -2.04. The molecule has 0 aliphatic rings. The molecule has 0 amide bonds. The number of nitriles is 1. The monoisotopic (exact) mass is 346 g/mol. The molecule has 0 spiro atoms. The Bertz CT molecular complexity index is 943. The first-order valence-corrected chi connectivity index (χ1v) is 7.99. The van der Waals surface area contributed by atoms with Crippen molar-refractivity contribution in [3.05, 3.63) is 54.1 Å². The van der Waals surface area contributed by atoms with Crippen molar-refractivity contribution in [1.29, 1.82) is 5.26 Å². The van der Waals surface area contributed by atoms with Crippen LogP contribution in [0.15, 0.2) is 48.5 Å². The summed E-state index contributed by atoms with van der Waals surface area (Å²) in [6.07, 6.45) is 0. The first-order chi connectivity index (χ1) is 12.7. The number of nitrogens with one attached hydrogen (secondary N) is 1. The quantitative estimate of drug-likeness (QED) is 0.758. The van der Waals surface area contributed by atoms with Crippen molar-refractivity contribution in [3.8, 4) is 40.1 Å². The van der Waals surface area contributed by atoms with Crippen LogP contribution in [0, 0.1) is 11.3 Å². The molecular formula is C20H18N4O2. The number of hydrogen-bond donors (Lipinski definition) is 1. The van der Waals surface area contributed by atoms with Gasteiger partial charge in [-0.2, -0.15) is 5.26 Å². The summed E-state index contributed by atoms with van der Waals surface area (Å²) in [6.45, 7) is 0. The van der Waals surface area contributed by atoms with Gasteiger partial charge in [-0.1, -0.05) is 30.3 Å². The summed E-state index contributed by atoms with van der Waals surface area (Å²) in [5, 5.41) is 12.8. The molecule has 3 rings (SSSR count). The Balaban J connectivity index is 2.30. The molecule has 0 radical (unpaired) electrons. The third-order valence-electron chi connectivity index (χ3n) is 3.92. The summed E-state index contributed by atoms with van der Waals surface area (Å²) in [7, 11) is 4.91. The fourth-order valence-corrected chi connectivity index (χ4v) is 2.64. The van der Waals surface area contributed by atoms with Crippen molar-refractivity contribution >= 4 is 5.95 Å². The molecule has 6 heteroatoms. The predicted molar refractivity (Wildman–Crippen MR) is 100 cm³/mol. The first kappa shape index (κ1) is 17.2. The molecule has 0 bridgehead atoms. The van der Waals surface area contributed by atoms with E-state index >= 15 is 0 Å². The van der Waals surface area contributed by atoms with Crippen molar-refractivity contribution in [1.82, 2.24) is 9.97 Å². The van der Waals surface area contributed by atoms with Gasteiger partial charge < -0.3 is 14.8 Å². The molecule has 1 aromatic heterocycles. The SMILES string of the molecule is CNc1nc(-c2ccccc2)c(C#N)c(-c2cc(OC)cc(OC)c2)n1. The third kappa shape index (κ3) is 3.28. The highest BCUT2D eigenvalue weighted by Gasteiger charge is 2.18. The van der Waals surface area contributed by atoms with E-state index in [0.717, 1.165) is 5.56 Å². The molecule has 26 heavy (non-hydrogen) atoms. The molecule has 1 N–H and O–H groups in total. The van der Waals surface area contributed by atoms with Crippen LogP contribution in [-0.4, -0.2) is 31.2 Å². The normalized spacial score (nSPS) is 10.1. The molecule has 130 valence electrons. The van der Waals surface area contributed by atoms with Gasteiger partial charge in [-0.15, -0.1) is 0 Å². The van der Waals surface area contributed by atoms with Crippen molar-refractivity contribution in [2.75, 3.05) is 26.6 Å². The molecule has 0 atom stereocenters. The second-order valence-corrected chi connectivity index (χ2v) is 5.45. The van der Waals surface area contributed by atoms with E-state index in [1.54, 1.807) is 27.3 Å². The zero-order valence-electron chi connectivity index (χ0n) is 14.8. The van der Waals surface area contributed by atoms with E-state index in [2.05, 4.69) is 21.4 Å². The highest BCUT2D eigenvalue weighted by atomic mass is 16.5. The van der Waals surface area contributed by atoms with Gasteiger partial charge in [-0.05, 0) is 12.1 Å². The van der Waals surface area contributed by atoms with Crippen LogP contribution in [0.25, 0.3) is 22.5 Å². The Morgan fingerprint density at radius 1 is 0.885 bits per heavy atom. The molecule has 0 aliphatic heterocycles. The van der Waals surface area contributed by atoms with Crippen LogP contribution in [0.5, 0.6) is 11.5 Å². The lowest BCUT2D eigenvalue weighted by molar-refractivity contribution is 0.394. The van der Waals surface area contributed by atoms with Gasteiger partial charge in [-0.3, -0.25) is 0 Å². The number of benzene rings is 2. The Morgan fingerprint density at radius 3 is 1.96 bits per heavy atom. The molecule has 6 nitrogen and oxygen atoms in total. The van der Waals surface area contributed by atoms with Crippen LogP contribution in [0.1, 0.15) is 5.56 Å². The maximum atomic E-state index is 9.83. The largest absolute Gasteiger partial charge is 0.497 e. The Labute approximate surface area is 152 Å². The minimum Gasteiger partial charge on any atom is -0.497 e. The number of rotatable bonds is 5. The Hall–Kier alpha value is -3.59. The predicted octanol–water partition coefficient (Wildman–Crippen LogP) is 3.74. The summed E-state index contributed by atoms with van der Waals surface area (Å²) < 4.78 is 10.7. The van der Waals surface area contributed by atoms with E-state index in [0.29, 0.717) is 40.0 Å². The third-order valence-corrected chi connectivity index (χ3v) is 3.92. The van der Waals surface area contributed by atoms with Crippen molar-refractivity contribution in [2.24, 2.45) is 0 Å². The van der Waals surface area contributed by atoms with Crippen LogP contribution in [0.2, 0.25) is 0 Å². The zero-order chi connectivity index (χ0) is 18.5. The van der Waals surface area contributed by atoms with Gasteiger partial charge in [0.05, 0.1) is 25.6 Å². The van der Waals surface area contributed by atoms with Gasteiger partial charge in [0.1, 0.15) is 23.1 Å². The van der Waals surface area contributed by atoms with Gasteiger partial charge in [0.25, 0.3) is 0 Å². The summed E-state index contributed by atoms with van der Waals surface area (Å²) in [4.78, 5) is 9.01. The van der Waals surface area contributed by atoms with Crippen LogP contribution >= 0.6 is 0 Å². The number of aromatic nitrogens is 2. The highest BCUT2D eigenvalue weighted by molar-refractivity contribution is 5.79. The number of ether oxygens (including phenoxy) is 2. The second-order valence-electron chi connectivity index (χ2n) is 5.45. The van der Waals surface area contributed by atoms with Gasteiger partial charge in [0.15, 0.2) is 0 Å². The van der Waals surface area contributed by atoms with E-state index in [1.807, 2.05) is 42.5 Å². The smallest absolute Gasteiger partial charge is 0.223 e. The summed E-state index contributed by atoms with van der Waals surface area (Å²) in [5.41, 5.74) is 3.05. The van der Waals surface area contributed by atoms with E-state index in [1.165, 1.54) is 0 Å². The number of anilines is 1. The number of nitrogens with zero attached hydrogens (tertiary/aromatic N) is 3. The van der Waals surface area contributed by atoms with E-state index in [-0.39, 0.29) is 0 Å². The molecule has 0 aliphatic carbocycles. The summed E-state index contributed by atoms with van der Waals surface area (Å²) in [6, 6.07) is 17.2. The molecule has 0 fully saturated rings. The van der Waals surface area contributed by atoms with E-state index < -0.39 is 0 Å². The minimum absolute atomic E-state index is 0.394. The van der Waals surface area contributed by atoms with Crippen molar-refractivity contribution < 1.29 is 9.47 Å². The molecule has 3 aromatic rings. The van der Waals surface area contributed by atoms with Gasteiger partial charge in [0.2, 0.25) is 5.95 Å². The van der Waals surface area contributed by atoms with Crippen LogP contribution < -0.4 is 14.8 Å². The molecular weight excluding hydrogens is 328 g/mol. The van der Waals surface area contributed by atoms with Gasteiger partial charge >= 0.3 is 0 Å². The van der Waals surface area contributed by atoms with Crippen LogP contribution in [0.3, 0.4) is 0 Å². The van der Waals surface area contributed by atoms with Crippen LogP contribution in [0.4, 0.5) is 5.95 Å². The summed E-state index contributed by atoms with van der Waals surface area (Å²) in [5.74, 6) is 1.67. The lowest BCUT2D eigenvalue weighted by Gasteiger charge is -2.13. The highest BCUT2D eigenvalue weighted by Crippen LogP contribution is 2.34. The fraction of sp³-hybridized carbons (Fsp3) is 0.150. The summed E-state index contributed by atoms with van der Waals surface area (Å²) >= 11 is 0. The van der Waals surface area contributed by atoms with Gasteiger partial charge in [0, 0.05) is 24.2 Å². The topological polar surface area (TPSA) is 80.1 Å². The maximum absolute atomic E-state index is 9.83. The molecule has 1 heterocycles. The Morgan fingerprint density at radius 2 is 1.46 bits per heavy atom. The number of hydrogen-bond acceptors (Lipinski definition) is 6. The molecule has 0 saturated carbocycles.